The second-order valence-electron chi connectivity index (χ2n) is 4.03. The van der Waals surface area contributed by atoms with Crippen LogP contribution in [-0.2, 0) is 4.79 Å². The molecule has 0 unspecified atom stereocenters. The number of anilines is 1. The third-order valence-corrected chi connectivity index (χ3v) is 3.37. The van der Waals surface area contributed by atoms with E-state index in [0.29, 0.717) is 10.9 Å². The monoisotopic (exact) mass is 285 g/mol. The lowest BCUT2D eigenvalue weighted by Gasteiger charge is -2.02. The first kappa shape index (κ1) is 12.7. The van der Waals surface area contributed by atoms with Crippen LogP contribution in [0.4, 0.5) is 5.69 Å². The molecule has 0 aliphatic carbocycles. The largest absolute Gasteiger partial charge is 0.431 e. The van der Waals surface area contributed by atoms with E-state index in [9.17, 15) is 4.79 Å². The molecule has 0 aliphatic heterocycles. The van der Waals surface area contributed by atoms with Gasteiger partial charge in [-0.05, 0) is 24.3 Å². The van der Waals surface area contributed by atoms with Crippen LogP contribution in [-0.4, -0.2) is 21.6 Å². The summed E-state index contributed by atoms with van der Waals surface area (Å²) in [5, 5.41) is 3.25. The van der Waals surface area contributed by atoms with Crippen molar-refractivity contribution in [2.45, 2.75) is 5.22 Å². The summed E-state index contributed by atoms with van der Waals surface area (Å²) in [5.41, 5.74) is 2.20. The summed E-state index contributed by atoms with van der Waals surface area (Å²) in [6.45, 7) is 0. The number of fused-ring (bicyclic) bond motifs is 1. The molecule has 0 saturated heterocycles. The normalized spacial score (nSPS) is 10.6. The van der Waals surface area contributed by atoms with Crippen LogP contribution < -0.4 is 5.32 Å². The zero-order chi connectivity index (χ0) is 13.8. The summed E-state index contributed by atoms with van der Waals surface area (Å²) >= 11 is 1.26. The summed E-state index contributed by atoms with van der Waals surface area (Å²) in [6, 6.07) is 11.1. The summed E-state index contributed by atoms with van der Waals surface area (Å²) in [4.78, 5) is 20.0. The van der Waals surface area contributed by atoms with Gasteiger partial charge in [-0.3, -0.25) is 9.78 Å². The number of aromatic nitrogens is 2. The van der Waals surface area contributed by atoms with Gasteiger partial charge in [0.2, 0.25) is 5.91 Å². The van der Waals surface area contributed by atoms with Gasteiger partial charge in [0.05, 0.1) is 17.6 Å². The molecule has 1 amide bonds. The van der Waals surface area contributed by atoms with Crippen molar-refractivity contribution in [3.05, 3.63) is 48.8 Å². The minimum absolute atomic E-state index is 0.120. The minimum atomic E-state index is -0.120. The van der Waals surface area contributed by atoms with Gasteiger partial charge in [-0.1, -0.05) is 23.9 Å². The summed E-state index contributed by atoms with van der Waals surface area (Å²) in [7, 11) is 0. The molecular weight excluding hydrogens is 274 g/mol. The lowest BCUT2D eigenvalue weighted by atomic mass is 10.3. The summed E-state index contributed by atoms with van der Waals surface area (Å²) < 4.78 is 5.53. The van der Waals surface area contributed by atoms with Crippen LogP contribution in [0.25, 0.3) is 11.1 Å². The Morgan fingerprint density at radius 3 is 2.95 bits per heavy atom. The molecule has 1 N–H and O–H groups in total. The number of carbonyl (C=O) groups excluding carboxylic acids is 1. The van der Waals surface area contributed by atoms with E-state index < -0.39 is 0 Å². The average Bonchev–Trinajstić information content (AvgIpc) is 2.89. The molecule has 0 saturated carbocycles. The van der Waals surface area contributed by atoms with E-state index >= 15 is 0 Å². The Morgan fingerprint density at radius 2 is 2.15 bits per heavy atom. The van der Waals surface area contributed by atoms with Crippen molar-refractivity contribution in [3.63, 3.8) is 0 Å². The van der Waals surface area contributed by atoms with Crippen molar-refractivity contribution >= 4 is 34.5 Å². The number of hydrogen-bond acceptors (Lipinski definition) is 5. The quantitative estimate of drug-likeness (QED) is 0.746. The predicted molar refractivity (Wildman–Crippen MR) is 77.6 cm³/mol. The summed E-state index contributed by atoms with van der Waals surface area (Å²) in [6.07, 6.45) is 3.25. The highest BCUT2D eigenvalue weighted by Crippen LogP contribution is 2.23. The molecular formula is C14H11N3O2S. The fraction of sp³-hybridized carbons (Fsp3) is 0.0714. The SMILES string of the molecule is O=C(CSc1nc2ccccc2o1)Nc1cccnc1. The number of carbonyl (C=O) groups is 1. The number of oxazole rings is 1. The molecule has 0 fully saturated rings. The number of thioether (sulfide) groups is 1. The van der Waals surface area contributed by atoms with Gasteiger partial charge in [-0.15, -0.1) is 0 Å². The molecule has 100 valence electrons. The number of nitrogens with zero attached hydrogens (tertiary/aromatic N) is 2. The zero-order valence-corrected chi connectivity index (χ0v) is 11.3. The lowest BCUT2D eigenvalue weighted by molar-refractivity contribution is -0.113. The standard InChI is InChI=1S/C14H11N3O2S/c18-13(16-10-4-3-7-15-8-10)9-20-14-17-11-5-1-2-6-12(11)19-14/h1-8H,9H2,(H,16,18). The third-order valence-electron chi connectivity index (χ3n) is 2.55. The highest BCUT2D eigenvalue weighted by molar-refractivity contribution is 7.99. The van der Waals surface area contributed by atoms with Crippen molar-refractivity contribution in [1.29, 1.82) is 0 Å². The Morgan fingerprint density at radius 1 is 1.25 bits per heavy atom. The van der Waals surface area contributed by atoms with E-state index in [1.807, 2.05) is 24.3 Å². The molecule has 20 heavy (non-hydrogen) atoms. The second kappa shape index (κ2) is 5.75. The van der Waals surface area contributed by atoms with Crippen LogP contribution in [0.2, 0.25) is 0 Å². The molecule has 6 heteroatoms. The Balaban J connectivity index is 1.60. The van der Waals surface area contributed by atoms with Crippen LogP contribution >= 0.6 is 11.8 Å². The predicted octanol–water partition coefficient (Wildman–Crippen LogP) is 2.95. The van der Waals surface area contributed by atoms with E-state index in [1.165, 1.54) is 11.8 Å². The van der Waals surface area contributed by atoms with Crippen LogP contribution in [0.3, 0.4) is 0 Å². The molecule has 1 aromatic carbocycles. The number of para-hydroxylation sites is 2. The number of amides is 1. The van der Waals surface area contributed by atoms with Gasteiger partial charge in [0, 0.05) is 6.20 Å². The molecule has 0 spiro atoms. The van der Waals surface area contributed by atoms with Crippen LogP contribution in [0.15, 0.2) is 58.4 Å². The Bertz CT molecular complexity index is 694. The smallest absolute Gasteiger partial charge is 0.257 e. The van der Waals surface area contributed by atoms with Crippen LogP contribution in [0.5, 0.6) is 0 Å². The number of rotatable bonds is 4. The highest BCUT2D eigenvalue weighted by atomic mass is 32.2. The number of hydrogen-bond donors (Lipinski definition) is 1. The van der Waals surface area contributed by atoms with Gasteiger partial charge in [-0.2, -0.15) is 0 Å². The van der Waals surface area contributed by atoms with E-state index in [2.05, 4.69) is 15.3 Å². The molecule has 5 nitrogen and oxygen atoms in total. The van der Waals surface area contributed by atoms with Gasteiger partial charge in [0.1, 0.15) is 5.52 Å². The van der Waals surface area contributed by atoms with Crippen molar-refractivity contribution in [2.24, 2.45) is 0 Å². The van der Waals surface area contributed by atoms with Gasteiger partial charge in [0.15, 0.2) is 5.58 Å². The maximum atomic E-state index is 11.8. The van der Waals surface area contributed by atoms with Crippen molar-refractivity contribution in [3.8, 4) is 0 Å². The van der Waals surface area contributed by atoms with Crippen molar-refractivity contribution in [2.75, 3.05) is 11.1 Å². The maximum absolute atomic E-state index is 11.8. The molecule has 3 rings (SSSR count). The highest BCUT2D eigenvalue weighted by Gasteiger charge is 2.09. The molecule has 3 aromatic rings. The first-order valence-electron chi connectivity index (χ1n) is 5.99. The number of benzene rings is 1. The molecule has 0 aliphatic rings. The van der Waals surface area contributed by atoms with Gasteiger partial charge in [-0.25, -0.2) is 4.98 Å². The fourth-order valence-electron chi connectivity index (χ4n) is 1.67. The first-order chi connectivity index (χ1) is 9.81. The van der Waals surface area contributed by atoms with E-state index in [4.69, 9.17) is 4.42 Å². The minimum Gasteiger partial charge on any atom is -0.431 e. The number of nitrogens with one attached hydrogen (secondary N) is 1. The first-order valence-corrected chi connectivity index (χ1v) is 6.98. The van der Waals surface area contributed by atoms with Gasteiger partial charge >= 0.3 is 0 Å². The molecule has 2 aromatic heterocycles. The van der Waals surface area contributed by atoms with E-state index in [0.717, 1.165) is 11.1 Å². The average molecular weight is 285 g/mol. The zero-order valence-electron chi connectivity index (χ0n) is 10.4. The van der Waals surface area contributed by atoms with E-state index in [1.54, 1.807) is 24.5 Å². The molecule has 2 heterocycles. The Labute approximate surface area is 119 Å². The van der Waals surface area contributed by atoms with Gasteiger partial charge in [0.25, 0.3) is 5.22 Å². The summed E-state index contributed by atoms with van der Waals surface area (Å²) in [5.74, 6) is 0.118. The lowest BCUT2D eigenvalue weighted by Crippen LogP contribution is -2.13. The van der Waals surface area contributed by atoms with Crippen molar-refractivity contribution < 1.29 is 9.21 Å². The van der Waals surface area contributed by atoms with Crippen molar-refractivity contribution in [1.82, 2.24) is 9.97 Å². The Hall–Kier alpha value is -2.34. The fourth-order valence-corrected chi connectivity index (χ4v) is 2.31. The topological polar surface area (TPSA) is 68.0 Å². The van der Waals surface area contributed by atoms with Crippen LogP contribution in [0.1, 0.15) is 0 Å². The molecule has 0 radical (unpaired) electrons. The molecule has 0 atom stereocenters. The third kappa shape index (κ3) is 2.97. The maximum Gasteiger partial charge on any atom is 0.257 e. The Kier molecular flexibility index (Phi) is 3.64. The number of pyridine rings is 1. The van der Waals surface area contributed by atoms with Gasteiger partial charge < -0.3 is 9.73 Å². The van der Waals surface area contributed by atoms with Crippen LogP contribution in [0, 0.1) is 0 Å². The van der Waals surface area contributed by atoms with E-state index in [-0.39, 0.29) is 11.7 Å². The second-order valence-corrected chi connectivity index (χ2v) is 4.95. The molecule has 0 bridgehead atoms.